The lowest BCUT2D eigenvalue weighted by molar-refractivity contribution is -0.143. The van der Waals surface area contributed by atoms with Crippen LogP contribution < -0.4 is 0 Å². The molecule has 1 aliphatic rings. The van der Waals surface area contributed by atoms with Gasteiger partial charge in [0.25, 0.3) is 0 Å². The van der Waals surface area contributed by atoms with Crippen molar-refractivity contribution in [2.75, 3.05) is 13.1 Å². The number of carboxylic acids is 1. The van der Waals surface area contributed by atoms with Gasteiger partial charge < -0.3 is 5.11 Å². The predicted molar refractivity (Wildman–Crippen MR) is 101 cm³/mol. The molecule has 1 heterocycles. The first kappa shape index (κ1) is 18.2. The van der Waals surface area contributed by atoms with E-state index in [0.29, 0.717) is 22.9 Å². The first-order valence-electron chi connectivity index (χ1n) is 8.44. The highest BCUT2D eigenvalue weighted by atomic mass is 35.5. The Morgan fingerprint density at radius 3 is 2.36 bits per heavy atom. The highest BCUT2D eigenvalue weighted by Gasteiger charge is 2.31. The molecule has 2 aromatic rings. The minimum atomic E-state index is -0.702. The van der Waals surface area contributed by atoms with Gasteiger partial charge in [-0.15, -0.1) is 0 Å². The third-order valence-corrected chi connectivity index (χ3v) is 5.75. The van der Waals surface area contributed by atoms with Gasteiger partial charge in [0.05, 0.1) is 22.0 Å². The van der Waals surface area contributed by atoms with Crippen LogP contribution in [0.2, 0.25) is 10.0 Å². The van der Waals surface area contributed by atoms with Crippen LogP contribution in [0.15, 0.2) is 42.5 Å². The summed E-state index contributed by atoms with van der Waals surface area (Å²) >= 11 is 12.8. The van der Waals surface area contributed by atoms with Crippen molar-refractivity contribution in [1.82, 2.24) is 4.90 Å². The van der Waals surface area contributed by atoms with E-state index in [1.165, 1.54) is 5.56 Å². The summed E-state index contributed by atoms with van der Waals surface area (Å²) in [6.07, 6.45) is 1.30. The fourth-order valence-electron chi connectivity index (χ4n) is 3.47. The minimum Gasteiger partial charge on any atom is -0.481 e. The average Bonchev–Trinajstić information content (AvgIpc) is 2.61. The number of carbonyl (C=O) groups is 1. The van der Waals surface area contributed by atoms with Crippen LogP contribution in [-0.2, 0) is 4.79 Å². The standard InChI is InChI=1S/C20H21Cl2NO2/c1-13-5-7-14(8-6-13)19(16-3-2-4-17(21)18(16)22)23-11-9-15(10-12-23)20(24)25/h2-8,15,19H,9-12H2,1H3,(H,24,25). The van der Waals surface area contributed by atoms with E-state index in [1.807, 2.05) is 12.1 Å². The average molecular weight is 378 g/mol. The first-order chi connectivity index (χ1) is 12.0. The lowest BCUT2D eigenvalue weighted by atomic mass is 9.91. The molecule has 1 aliphatic heterocycles. The number of hydrogen-bond donors (Lipinski definition) is 1. The second kappa shape index (κ2) is 7.77. The molecule has 2 aromatic carbocycles. The van der Waals surface area contributed by atoms with Gasteiger partial charge >= 0.3 is 5.97 Å². The Kier molecular flexibility index (Phi) is 5.67. The van der Waals surface area contributed by atoms with Crippen LogP contribution in [0.1, 0.15) is 35.6 Å². The molecule has 0 aliphatic carbocycles. The third kappa shape index (κ3) is 4.00. The summed E-state index contributed by atoms with van der Waals surface area (Å²) in [4.78, 5) is 13.6. The molecular formula is C20H21Cl2NO2. The number of benzene rings is 2. The van der Waals surface area contributed by atoms with Gasteiger partial charge in [-0.2, -0.15) is 0 Å². The van der Waals surface area contributed by atoms with Crippen LogP contribution in [0.4, 0.5) is 0 Å². The smallest absolute Gasteiger partial charge is 0.306 e. The predicted octanol–water partition coefficient (Wildman–Crippen LogP) is 5.19. The van der Waals surface area contributed by atoms with Gasteiger partial charge in [-0.1, -0.05) is 65.2 Å². The van der Waals surface area contributed by atoms with Gasteiger partial charge in [-0.05, 0) is 50.0 Å². The zero-order valence-corrected chi connectivity index (χ0v) is 15.6. The number of aliphatic carboxylic acids is 1. The molecule has 0 radical (unpaired) electrons. The lowest BCUT2D eigenvalue weighted by Crippen LogP contribution is -2.39. The maximum Gasteiger partial charge on any atom is 0.306 e. The Bertz CT molecular complexity index is 753. The molecule has 3 nitrogen and oxygen atoms in total. The maximum absolute atomic E-state index is 11.3. The Balaban J connectivity index is 1.97. The molecule has 25 heavy (non-hydrogen) atoms. The number of piperidine rings is 1. The van der Waals surface area contributed by atoms with Crippen LogP contribution in [0.5, 0.6) is 0 Å². The highest BCUT2D eigenvalue weighted by Crippen LogP contribution is 2.38. The van der Waals surface area contributed by atoms with E-state index in [-0.39, 0.29) is 12.0 Å². The molecule has 132 valence electrons. The molecule has 1 fully saturated rings. The van der Waals surface area contributed by atoms with Crippen molar-refractivity contribution in [2.24, 2.45) is 5.92 Å². The maximum atomic E-state index is 11.3. The minimum absolute atomic E-state index is 0.0263. The van der Waals surface area contributed by atoms with Gasteiger partial charge in [-0.3, -0.25) is 9.69 Å². The van der Waals surface area contributed by atoms with E-state index in [1.54, 1.807) is 6.07 Å². The molecule has 5 heteroatoms. The van der Waals surface area contributed by atoms with Crippen molar-refractivity contribution in [1.29, 1.82) is 0 Å². The SMILES string of the molecule is Cc1ccc(C(c2cccc(Cl)c2Cl)N2CCC(C(=O)O)CC2)cc1. The second-order valence-corrected chi connectivity index (χ2v) is 7.39. The number of hydrogen-bond acceptors (Lipinski definition) is 2. The normalized spacial score (nSPS) is 17.4. The number of nitrogens with zero attached hydrogens (tertiary/aromatic N) is 1. The van der Waals surface area contributed by atoms with Crippen molar-refractivity contribution in [3.05, 3.63) is 69.2 Å². The summed E-state index contributed by atoms with van der Waals surface area (Å²) in [5, 5.41) is 10.4. The summed E-state index contributed by atoms with van der Waals surface area (Å²) in [6, 6.07) is 14.1. The molecule has 0 saturated carbocycles. The largest absolute Gasteiger partial charge is 0.481 e. The number of likely N-dealkylation sites (tertiary alicyclic amines) is 1. The first-order valence-corrected chi connectivity index (χ1v) is 9.20. The van der Waals surface area contributed by atoms with Crippen molar-refractivity contribution >= 4 is 29.2 Å². The van der Waals surface area contributed by atoms with Gasteiger partial charge in [0.2, 0.25) is 0 Å². The van der Waals surface area contributed by atoms with E-state index < -0.39 is 5.97 Å². The van der Waals surface area contributed by atoms with Crippen molar-refractivity contribution < 1.29 is 9.90 Å². The number of halogens is 2. The number of aryl methyl sites for hydroxylation is 1. The Morgan fingerprint density at radius 2 is 1.76 bits per heavy atom. The summed E-state index contributed by atoms with van der Waals surface area (Å²) in [6.45, 7) is 3.50. The van der Waals surface area contributed by atoms with Crippen LogP contribution in [-0.4, -0.2) is 29.1 Å². The molecule has 0 spiro atoms. The summed E-state index contributed by atoms with van der Waals surface area (Å²) < 4.78 is 0. The molecule has 0 bridgehead atoms. The van der Waals surface area contributed by atoms with Gasteiger partial charge in [0.15, 0.2) is 0 Å². The molecule has 1 atom stereocenters. The van der Waals surface area contributed by atoms with E-state index in [0.717, 1.165) is 24.2 Å². The summed E-state index contributed by atoms with van der Waals surface area (Å²) in [5.41, 5.74) is 3.31. The van der Waals surface area contributed by atoms with Gasteiger partial charge in [0.1, 0.15) is 0 Å². The van der Waals surface area contributed by atoms with Crippen LogP contribution in [0.25, 0.3) is 0 Å². The Morgan fingerprint density at radius 1 is 1.12 bits per heavy atom. The zero-order valence-electron chi connectivity index (χ0n) is 14.1. The van der Waals surface area contributed by atoms with Crippen LogP contribution in [0, 0.1) is 12.8 Å². The Hall–Kier alpha value is -1.55. The Labute approximate surface area is 158 Å². The molecular weight excluding hydrogens is 357 g/mol. The second-order valence-electron chi connectivity index (χ2n) is 6.60. The lowest BCUT2D eigenvalue weighted by Gasteiger charge is -2.37. The topological polar surface area (TPSA) is 40.5 Å². The molecule has 1 N–H and O–H groups in total. The van der Waals surface area contributed by atoms with Crippen LogP contribution in [0.3, 0.4) is 0 Å². The molecule has 1 saturated heterocycles. The quantitative estimate of drug-likeness (QED) is 0.796. The van der Waals surface area contributed by atoms with E-state index in [4.69, 9.17) is 23.2 Å². The number of rotatable bonds is 4. The third-order valence-electron chi connectivity index (χ3n) is 4.91. The molecule has 3 rings (SSSR count). The van der Waals surface area contributed by atoms with Gasteiger partial charge in [0, 0.05) is 0 Å². The fraction of sp³-hybridized carbons (Fsp3) is 0.350. The summed E-state index contributed by atoms with van der Waals surface area (Å²) in [5.74, 6) is -0.961. The van der Waals surface area contributed by atoms with Crippen molar-refractivity contribution in [3.8, 4) is 0 Å². The van der Waals surface area contributed by atoms with Crippen LogP contribution >= 0.6 is 23.2 Å². The van der Waals surface area contributed by atoms with E-state index in [2.05, 4.69) is 36.1 Å². The molecule has 0 aromatic heterocycles. The summed E-state index contributed by atoms with van der Waals surface area (Å²) in [7, 11) is 0. The molecule has 0 amide bonds. The fourth-order valence-corrected chi connectivity index (χ4v) is 3.88. The van der Waals surface area contributed by atoms with Gasteiger partial charge in [-0.25, -0.2) is 0 Å². The van der Waals surface area contributed by atoms with E-state index in [9.17, 15) is 9.90 Å². The monoisotopic (exact) mass is 377 g/mol. The molecule has 1 unspecified atom stereocenters. The zero-order chi connectivity index (χ0) is 18.0. The van der Waals surface area contributed by atoms with E-state index >= 15 is 0 Å². The number of carboxylic acid groups (broad SMARTS) is 1. The highest BCUT2D eigenvalue weighted by molar-refractivity contribution is 6.42. The van der Waals surface area contributed by atoms with Crippen molar-refractivity contribution in [3.63, 3.8) is 0 Å². The van der Waals surface area contributed by atoms with Crippen molar-refractivity contribution in [2.45, 2.75) is 25.8 Å².